The highest BCUT2D eigenvalue weighted by molar-refractivity contribution is 5.50. The van der Waals surface area contributed by atoms with E-state index in [9.17, 15) is 0 Å². The molecule has 0 aromatic carbocycles. The van der Waals surface area contributed by atoms with Crippen LogP contribution in [-0.4, -0.2) is 25.6 Å². The van der Waals surface area contributed by atoms with Gasteiger partial charge in [-0.05, 0) is 22.6 Å². The third kappa shape index (κ3) is 1.07. The number of nitrogens with one attached hydrogen (secondary N) is 1. The van der Waals surface area contributed by atoms with Crippen molar-refractivity contribution in [1.82, 2.24) is 25.6 Å². The first kappa shape index (κ1) is 5.96. The summed E-state index contributed by atoms with van der Waals surface area (Å²) >= 11 is 0. The molecule has 1 N–H and O–H groups in total. The maximum absolute atomic E-state index is 3.80. The van der Waals surface area contributed by atoms with Crippen molar-refractivity contribution in [3.63, 3.8) is 0 Å². The maximum Gasteiger partial charge on any atom is 0.181 e. The first-order valence-electron chi connectivity index (χ1n) is 3.03. The monoisotopic (exact) mass is 146 g/mol. The molecule has 0 aliphatic rings. The van der Waals surface area contributed by atoms with E-state index in [4.69, 9.17) is 0 Å². The molecule has 53 valence electrons. The van der Waals surface area contributed by atoms with Crippen molar-refractivity contribution < 1.29 is 0 Å². The van der Waals surface area contributed by atoms with Crippen molar-refractivity contribution in [2.75, 3.05) is 0 Å². The molecule has 0 saturated carbocycles. The topological polar surface area (TPSA) is 67.3 Å². The van der Waals surface area contributed by atoms with Gasteiger partial charge in [-0.15, -0.1) is 5.10 Å². The van der Waals surface area contributed by atoms with Gasteiger partial charge < -0.3 is 0 Å². The van der Waals surface area contributed by atoms with Crippen LogP contribution in [0.1, 0.15) is 0 Å². The number of rotatable bonds is 1. The fourth-order valence-corrected chi connectivity index (χ4v) is 0.732. The van der Waals surface area contributed by atoms with E-state index in [-0.39, 0.29) is 0 Å². The molecule has 0 amide bonds. The van der Waals surface area contributed by atoms with Crippen molar-refractivity contribution in [1.29, 1.82) is 0 Å². The number of aromatic amines is 1. The summed E-state index contributed by atoms with van der Waals surface area (Å²) in [5, 5.41) is 13.2. The van der Waals surface area contributed by atoms with Gasteiger partial charge in [0.2, 0.25) is 0 Å². The minimum absolute atomic E-state index is 0.582. The van der Waals surface area contributed by atoms with Gasteiger partial charge in [-0.1, -0.05) is 0 Å². The fourth-order valence-electron chi connectivity index (χ4n) is 0.732. The second-order valence-electron chi connectivity index (χ2n) is 1.91. The van der Waals surface area contributed by atoms with E-state index in [0.717, 1.165) is 5.56 Å². The molecule has 2 rings (SSSR count). The molecule has 0 unspecified atom stereocenters. The van der Waals surface area contributed by atoms with Crippen LogP contribution in [0.15, 0.2) is 18.3 Å². The third-order valence-corrected chi connectivity index (χ3v) is 1.21. The highest BCUT2D eigenvalue weighted by atomic mass is 15.5. The molecular weight excluding hydrogens is 142 g/mol. The molecule has 0 aliphatic heterocycles. The molecule has 0 atom stereocenters. The van der Waals surface area contributed by atoms with Gasteiger partial charge >= 0.3 is 0 Å². The van der Waals surface area contributed by atoms with Crippen LogP contribution in [0.2, 0.25) is 0 Å². The highest BCUT2D eigenvalue weighted by Gasteiger charge is 1.99. The van der Waals surface area contributed by atoms with Gasteiger partial charge in [0.25, 0.3) is 0 Å². The average Bonchev–Trinajstić information content (AvgIpc) is 2.58. The lowest BCUT2D eigenvalue weighted by Gasteiger charge is -1.88. The Morgan fingerprint density at radius 1 is 1.45 bits per heavy atom. The maximum atomic E-state index is 3.80. The van der Waals surface area contributed by atoms with Crippen LogP contribution in [0.5, 0.6) is 0 Å². The summed E-state index contributed by atoms with van der Waals surface area (Å²) in [5.74, 6) is 0.582. The smallest absolute Gasteiger partial charge is 0.181 e. The lowest BCUT2D eigenvalue weighted by Crippen LogP contribution is -1.81. The number of aromatic nitrogens is 5. The van der Waals surface area contributed by atoms with Gasteiger partial charge in [0.1, 0.15) is 6.20 Å². The van der Waals surface area contributed by atoms with Gasteiger partial charge in [0.15, 0.2) is 5.82 Å². The second-order valence-corrected chi connectivity index (χ2v) is 1.91. The zero-order chi connectivity index (χ0) is 7.52. The van der Waals surface area contributed by atoms with Crippen molar-refractivity contribution in [2.45, 2.75) is 0 Å². The molecule has 0 aliphatic carbocycles. The predicted octanol–water partition coefficient (Wildman–Crippen LogP) is 0.0619. The van der Waals surface area contributed by atoms with Gasteiger partial charge in [0.05, 0.1) is 0 Å². The molecule has 0 bridgehead atoms. The van der Waals surface area contributed by atoms with E-state index in [2.05, 4.69) is 31.8 Å². The fraction of sp³-hybridized carbons (Fsp3) is 0. The normalized spacial score (nSPS) is 9.82. The van der Waals surface area contributed by atoms with Crippen molar-refractivity contribution >= 4 is 0 Å². The molecule has 2 aromatic rings. The first-order valence-corrected chi connectivity index (χ1v) is 3.03. The Hall–Kier alpha value is -1.78. The molecule has 5 heteroatoms. The largest absolute Gasteiger partial charge is 0.254 e. The zero-order valence-electron chi connectivity index (χ0n) is 5.52. The molecule has 2 heterocycles. The van der Waals surface area contributed by atoms with Gasteiger partial charge in [-0.3, -0.25) is 4.98 Å². The minimum Gasteiger partial charge on any atom is -0.254 e. The van der Waals surface area contributed by atoms with E-state index in [1.807, 2.05) is 6.07 Å². The van der Waals surface area contributed by atoms with E-state index in [1.165, 1.54) is 0 Å². The summed E-state index contributed by atoms with van der Waals surface area (Å²) in [6, 6.07) is 3.63. The molecule has 0 saturated heterocycles. The van der Waals surface area contributed by atoms with Crippen LogP contribution < -0.4 is 0 Å². The highest BCUT2D eigenvalue weighted by Crippen LogP contribution is 2.07. The molecule has 11 heavy (non-hydrogen) atoms. The number of nitrogens with zero attached hydrogens (tertiary/aromatic N) is 4. The summed E-state index contributed by atoms with van der Waals surface area (Å²) in [7, 11) is 0. The molecule has 5 nitrogen and oxygen atoms in total. The SMILES string of the molecule is [c]1ncccc1-c1nnn[nH]1. The summed E-state index contributed by atoms with van der Waals surface area (Å²) in [6.45, 7) is 0. The predicted molar refractivity (Wildman–Crippen MR) is 36.2 cm³/mol. The molecule has 0 fully saturated rings. The lowest BCUT2D eigenvalue weighted by molar-refractivity contribution is 0.881. The van der Waals surface area contributed by atoms with Crippen LogP contribution in [0.4, 0.5) is 0 Å². The van der Waals surface area contributed by atoms with Crippen LogP contribution in [-0.2, 0) is 0 Å². The Morgan fingerprint density at radius 2 is 2.45 bits per heavy atom. The van der Waals surface area contributed by atoms with Crippen LogP contribution in [0, 0.1) is 6.20 Å². The molecule has 2 aromatic heterocycles. The number of H-pyrrole nitrogens is 1. The Balaban J connectivity index is 2.46. The molecular formula is C6H4N5. The zero-order valence-corrected chi connectivity index (χ0v) is 5.52. The van der Waals surface area contributed by atoms with E-state index < -0.39 is 0 Å². The van der Waals surface area contributed by atoms with Crippen molar-refractivity contribution in [3.8, 4) is 11.4 Å². The second kappa shape index (κ2) is 2.45. The number of tetrazole rings is 1. The van der Waals surface area contributed by atoms with E-state index in [0.29, 0.717) is 5.82 Å². The average molecular weight is 146 g/mol. The number of pyridine rings is 1. The summed E-state index contributed by atoms with van der Waals surface area (Å²) in [4.78, 5) is 3.80. The Labute approximate surface area is 62.5 Å². The minimum atomic E-state index is 0.582. The summed E-state index contributed by atoms with van der Waals surface area (Å²) < 4.78 is 0. The number of hydrogen-bond acceptors (Lipinski definition) is 4. The van der Waals surface area contributed by atoms with Crippen molar-refractivity contribution in [3.05, 3.63) is 24.5 Å². The number of hydrogen-bond donors (Lipinski definition) is 1. The van der Waals surface area contributed by atoms with Gasteiger partial charge in [-0.2, -0.15) is 0 Å². The molecule has 0 spiro atoms. The van der Waals surface area contributed by atoms with Crippen molar-refractivity contribution in [2.24, 2.45) is 0 Å². The van der Waals surface area contributed by atoms with E-state index in [1.54, 1.807) is 12.3 Å². The van der Waals surface area contributed by atoms with Gasteiger partial charge in [-0.25, -0.2) is 5.10 Å². The Morgan fingerprint density at radius 3 is 3.09 bits per heavy atom. The first-order chi connectivity index (χ1) is 5.47. The van der Waals surface area contributed by atoms with Gasteiger partial charge in [0, 0.05) is 11.8 Å². The lowest BCUT2D eigenvalue weighted by atomic mass is 10.3. The summed E-state index contributed by atoms with van der Waals surface area (Å²) in [6.07, 6.45) is 4.39. The standard InChI is InChI=1S/C6H4N5/c1-2-5(4-7-3-1)6-8-10-11-9-6/h1-3H,(H,8,9,10,11). The molecule has 1 radical (unpaired) electrons. The Bertz CT molecular complexity index is 314. The quantitative estimate of drug-likeness (QED) is 0.617. The van der Waals surface area contributed by atoms with Crippen LogP contribution in [0.25, 0.3) is 11.4 Å². The van der Waals surface area contributed by atoms with E-state index >= 15 is 0 Å². The third-order valence-electron chi connectivity index (χ3n) is 1.21. The Kier molecular flexibility index (Phi) is 1.33. The van der Waals surface area contributed by atoms with Crippen LogP contribution in [0.3, 0.4) is 0 Å². The van der Waals surface area contributed by atoms with Crippen LogP contribution >= 0.6 is 0 Å². The summed E-state index contributed by atoms with van der Waals surface area (Å²) in [5.41, 5.74) is 0.762.